The third kappa shape index (κ3) is 3.34. The van der Waals surface area contributed by atoms with Gasteiger partial charge in [0.05, 0.1) is 38.7 Å². The normalized spacial score (nSPS) is 22.9. The molecule has 8 heteroatoms. The zero-order valence-corrected chi connectivity index (χ0v) is 12.9. The van der Waals surface area contributed by atoms with Gasteiger partial charge in [-0.05, 0) is 18.9 Å². The molecule has 1 fully saturated rings. The molecule has 8 nitrogen and oxygen atoms in total. The van der Waals surface area contributed by atoms with E-state index in [1.165, 1.54) is 23.9 Å². The first-order valence-electron chi connectivity index (χ1n) is 7.54. The molecule has 0 aliphatic carbocycles. The molecule has 0 aromatic carbocycles. The molecule has 1 aliphatic rings. The summed E-state index contributed by atoms with van der Waals surface area (Å²) in [7, 11) is 1.48. The van der Waals surface area contributed by atoms with Crippen molar-refractivity contribution in [2.75, 3.05) is 13.7 Å². The van der Waals surface area contributed by atoms with Gasteiger partial charge >= 0.3 is 0 Å². The van der Waals surface area contributed by atoms with E-state index in [9.17, 15) is 9.90 Å². The van der Waals surface area contributed by atoms with Crippen molar-refractivity contribution in [1.82, 2.24) is 14.5 Å². The third-order valence-electron chi connectivity index (χ3n) is 4.02. The summed E-state index contributed by atoms with van der Waals surface area (Å²) in [6.07, 6.45) is 1.78. The lowest BCUT2D eigenvalue weighted by Gasteiger charge is -2.30. The Labute approximate surface area is 132 Å². The van der Waals surface area contributed by atoms with Gasteiger partial charge in [0.15, 0.2) is 5.65 Å². The fourth-order valence-electron chi connectivity index (χ4n) is 2.71. The van der Waals surface area contributed by atoms with E-state index in [1.54, 1.807) is 6.07 Å². The van der Waals surface area contributed by atoms with Crippen LogP contribution in [0.1, 0.15) is 12.8 Å². The molecule has 1 saturated heterocycles. The molecule has 2 aromatic rings. The van der Waals surface area contributed by atoms with Crippen LogP contribution in [0.4, 0.5) is 0 Å². The molecule has 0 amide bonds. The summed E-state index contributed by atoms with van der Waals surface area (Å²) in [5, 5.41) is 10.4. The average Bonchev–Trinajstić information content (AvgIpc) is 2.57. The molecular weight excluding hydrogens is 300 g/mol. The van der Waals surface area contributed by atoms with Crippen molar-refractivity contribution in [1.29, 1.82) is 0 Å². The minimum atomic E-state index is -0.821. The number of aliphatic hydroxyl groups is 1. The van der Waals surface area contributed by atoms with Crippen LogP contribution in [0.3, 0.4) is 0 Å². The number of methoxy groups -OCH3 is 1. The van der Waals surface area contributed by atoms with Crippen LogP contribution in [0.2, 0.25) is 0 Å². The van der Waals surface area contributed by atoms with Crippen molar-refractivity contribution in [3.63, 3.8) is 0 Å². The molecule has 124 valence electrons. The van der Waals surface area contributed by atoms with Gasteiger partial charge in [0.1, 0.15) is 5.52 Å². The fourth-order valence-corrected chi connectivity index (χ4v) is 2.71. The molecule has 0 saturated carbocycles. The van der Waals surface area contributed by atoms with Crippen LogP contribution in [0, 0.1) is 0 Å². The van der Waals surface area contributed by atoms with E-state index in [0.29, 0.717) is 30.1 Å². The largest absolute Gasteiger partial charge is 0.480 e. The smallest absolute Gasteiger partial charge is 0.252 e. The van der Waals surface area contributed by atoms with Crippen molar-refractivity contribution >= 4 is 11.2 Å². The maximum Gasteiger partial charge on any atom is 0.252 e. The number of fused-ring (bicyclic) bond motifs is 1. The lowest BCUT2D eigenvalue weighted by molar-refractivity contribution is -0.0727. The Kier molecular flexibility index (Phi) is 4.56. The SMILES string of the molecule is COc1cnc2ccc(=O)n(C[C@H](O)[C@@H]3CC[C@@H](N)CO3)c2n1. The minimum Gasteiger partial charge on any atom is -0.480 e. The number of ether oxygens (including phenoxy) is 2. The lowest BCUT2D eigenvalue weighted by atomic mass is 10.0. The molecule has 0 bridgehead atoms. The second-order valence-corrected chi connectivity index (χ2v) is 5.68. The van der Waals surface area contributed by atoms with Crippen molar-refractivity contribution in [2.45, 2.75) is 37.6 Å². The van der Waals surface area contributed by atoms with Crippen LogP contribution in [-0.2, 0) is 11.3 Å². The maximum absolute atomic E-state index is 12.2. The third-order valence-corrected chi connectivity index (χ3v) is 4.02. The molecule has 3 rings (SSSR count). The number of hydrogen-bond acceptors (Lipinski definition) is 7. The van der Waals surface area contributed by atoms with Crippen molar-refractivity contribution in [2.24, 2.45) is 5.73 Å². The number of rotatable bonds is 4. The van der Waals surface area contributed by atoms with Gasteiger partial charge in [0.2, 0.25) is 5.88 Å². The van der Waals surface area contributed by atoms with Crippen LogP contribution in [0.5, 0.6) is 5.88 Å². The first kappa shape index (κ1) is 15.9. The highest BCUT2D eigenvalue weighted by Crippen LogP contribution is 2.18. The second-order valence-electron chi connectivity index (χ2n) is 5.68. The maximum atomic E-state index is 12.2. The molecule has 3 N–H and O–H groups in total. The van der Waals surface area contributed by atoms with E-state index >= 15 is 0 Å². The molecule has 3 atom stereocenters. The van der Waals surface area contributed by atoms with Crippen LogP contribution in [0.15, 0.2) is 23.1 Å². The van der Waals surface area contributed by atoms with E-state index < -0.39 is 6.10 Å². The summed E-state index contributed by atoms with van der Waals surface area (Å²) in [6, 6.07) is 3.02. The summed E-state index contributed by atoms with van der Waals surface area (Å²) < 4.78 is 12.0. The quantitative estimate of drug-likeness (QED) is 0.793. The predicted octanol–water partition coefficient (Wildman–Crippen LogP) is -0.333. The molecule has 0 unspecified atom stereocenters. The van der Waals surface area contributed by atoms with E-state index in [-0.39, 0.29) is 24.2 Å². The van der Waals surface area contributed by atoms with Crippen LogP contribution in [0.25, 0.3) is 11.2 Å². The first-order valence-corrected chi connectivity index (χ1v) is 7.54. The van der Waals surface area contributed by atoms with Gasteiger partial charge in [-0.2, -0.15) is 4.98 Å². The van der Waals surface area contributed by atoms with E-state index in [2.05, 4.69) is 9.97 Å². The van der Waals surface area contributed by atoms with Gasteiger partial charge in [0, 0.05) is 12.1 Å². The van der Waals surface area contributed by atoms with Gasteiger partial charge in [-0.25, -0.2) is 4.98 Å². The Morgan fingerprint density at radius 2 is 2.35 bits per heavy atom. The second kappa shape index (κ2) is 6.61. The zero-order chi connectivity index (χ0) is 16.4. The average molecular weight is 320 g/mol. The Hall–Kier alpha value is -2.03. The Morgan fingerprint density at radius 1 is 1.52 bits per heavy atom. The van der Waals surface area contributed by atoms with Gasteiger partial charge < -0.3 is 20.3 Å². The minimum absolute atomic E-state index is 0.00820. The number of pyridine rings is 1. The summed E-state index contributed by atoms with van der Waals surface area (Å²) >= 11 is 0. The molecule has 2 aromatic heterocycles. The number of nitrogens with two attached hydrogens (primary N) is 1. The molecule has 0 radical (unpaired) electrons. The molecular formula is C15H20N4O4. The lowest BCUT2D eigenvalue weighted by Crippen LogP contribution is -2.43. The Morgan fingerprint density at radius 3 is 3.04 bits per heavy atom. The number of aliphatic hydroxyl groups excluding tert-OH is 1. The fraction of sp³-hybridized carbons (Fsp3) is 0.533. The predicted molar refractivity (Wildman–Crippen MR) is 83.3 cm³/mol. The number of aromatic nitrogens is 3. The first-order chi connectivity index (χ1) is 11.1. The molecule has 1 aliphatic heterocycles. The van der Waals surface area contributed by atoms with E-state index in [1.807, 2.05) is 0 Å². The molecule has 3 heterocycles. The highest BCUT2D eigenvalue weighted by atomic mass is 16.5. The summed E-state index contributed by atoms with van der Waals surface area (Å²) in [5.74, 6) is 0.311. The van der Waals surface area contributed by atoms with Gasteiger partial charge in [0.25, 0.3) is 5.56 Å². The summed E-state index contributed by atoms with van der Waals surface area (Å²) in [5.41, 5.74) is 6.47. The highest BCUT2D eigenvalue weighted by molar-refractivity contribution is 5.70. The van der Waals surface area contributed by atoms with Crippen LogP contribution < -0.4 is 16.0 Å². The Bertz CT molecular complexity index is 740. The van der Waals surface area contributed by atoms with E-state index in [4.69, 9.17) is 15.2 Å². The van der Waals surface area contributed by atoms with Gasteiger partial charge in [-0.3, -0.25) is 9.36 Å². The van der Waals surface area contributed by atoms with Gasteiger partial charge in [-0.1, -0.05) is 0 Å². The number of nitrogens with zero attached hydrogens (tertiary/aromatic N) is 3. The summed E-state index contributed by atoms with van der Waals surface area (Å²) in [6.45, 7) is 0.498. The molecule has 0 spiro atoms. The highest BCUT2D eigenvalue weighted by Gasteiger charge is 2.26. The Balaban J connectivity index is 1.89. The molecule has 23 heavy (non-hydrogen) atoms. The standard InChI is InChI=1S/C15H20N4O4/c1-22-13-6-17-10-3-5-14(21)19(15(10)18-13)7-11(20)12-4-2-9(16)8-23-12/h3,5-6,9,11-12,20H,2,4,7-8,16H2,1H3/t9-,11+,12+/m1/s1. The van der Waals surface area contributed by atoms with Crippen molar-refractivity contribution in [3.8, 4) is 5.88 Å². The number of hydrogen-bond donors (Lipinski definition) is 2. The monoisotopic (exact) mass is 320 g/mol. The van der Waals surface area contributed by atoms with Crippen LogP contribution in [-0.4, -0.2) is 51.6 Å². The topological polar surface area (TPSA) is 112 Å². The zero-order valence-electron chi connectivity index (χ0n) is 12.9. The van der Waals surface area contributed by atoms with Gasteiger partial charge in [-0.15, -0.1) is 0 Å². The van der Waals surface area contributed by atoms with Crippen molar-refractivity contribution < 1.29 is 14.6 Å². The summed E-state index contributed by atoms with van der Waals surface area (Å²) in [4.78, 5) is 20.7. The van der Waals surface area contributed by atoms with Crippen molar-refractivity contribution in [3.05, 3.63) is 28.7 Å². The van der Waals surface area contributed by atoms with E-state index in [0.717, 1.165) is 6.42 Å². The van der Waals surface area contributed by atoms with Crippen LogP contribution >= 0.6 is 0 Å².